The average Bonchev–Trinajstić information content (AvgIpc) is 2.35. The zero-order chi connectivity index (χ0) is 6.27. The van der Waals surface area contributed by atoms with E-state index in [1.54, 1.807) is 0 Å². The van der Waals surface area contributed by atoms with Crippen molar-refractivity contribution < 1.29 is 9.47 Å². The van der Waals surface area contributed by atoms with E-state index >= 15 is 0 Å². The van der Waals surface area contributed by atoms with Crippen molar-refractivity contribution in [2.75, 3.05) is 13.2 Å². The van der Waals surface area contributed by atoms with Gasteiger partial charge in [0.1, 0.15) is 0 Å². The van der Waals surface area contributed by atoms with Crippen LogP contribution in [-0.2, 0) is 9.47 Å². The molecular formula is C7H12O2. The van der Waals surface area contributed by atoms with Crippen LogP contribution < -0.4 is 0 Å². The highest BCUT2D eigenvalue weighted by Gasteiger charge is 2.38. The predicted molar refractivity (Wildman–Crippen MR) is 33.0 cm³/mol. The lowest BCUT2D eigenvalue weighted by atomic mass is 9.96. The Hall–Kier alpha value is -0.0800. The minimum Gasteiger partial charge on any atom is -0.352 e. The maximum Gasteiger partial charge on any atom is 0.160 e. The number of fused-ring (bicyclic) bond motifs is 1. The van der Waals surface area contributed by atoms with Gasteiger partial charge in [0.05, 0.1) is 13.2 Å². The van der Waals surface area contributed by atoms with Crippen LogP contribution in [0.3, 0.4) is 0 Å². The molecule has 2 heteroatoms. The lowest BCUT2D eigenvalue weighted by molar-refractivity contribution is -0.0905. The van der Waals surface area contributed by atoms with Crippen molar-refractivity contribution in [2.24, 2.45) is 11.8 Å². The van der Waals surface area contributed by atoms with Gasteiger partial charge >= 0.3 is 0 Å². The van der Waals surface area contributed by atoms with Gasteiger partial charge in [-0.1, -0.05) is 6.92 Å². The molecule has 0 aliphatic carbocycles. The van der Waals surface area contributed by atoms with Crippen LogP contribution in [0.1, 0.15) is 13.3 Å². The molecule has 9 heavy (non-hydrogen) atoms. The molecule has 0 amide bonds. The summed E-state index contributed by atoms with van der Waals surface area (Å²) in [5, 5.41) is 0. The molecule has 0 radical (unpaired) electrons. The number of ether oxygens (including phenoxy) is 2. The van der Waals surface area contributed by atoms with Gasteiger partial charge in [-0.25, -0.2) is 0 Å². The highest BCUT2D eigenvalue weighted by Crippen LogP contribution is 2.34. The third-order valence-corrected chi connectivity index (χ3v) is 2.34. The van der Waals surface area contributed by atoms with Gasteiger partial charge in [-0.05, 0) is 12.3 Å². The van der Waals surface area contributed by atoms with E-state index in [0.717, 1.165) is 19.1 Å². The van der Waals surface area contributed by atoms with Crippen LogP contribution in [-0.4, -0.2) is 19.5 Å². The molecule has 2 heterocycles. The molecule has 2 saturated heterocycles. The molecule has 0 aromatic rings. The minimum atomic E-state index is 0.153. The highest BCUT2D eigenvalue weighted by molar-refractivity contribution is 4.79. The van der Waals surface area contributed by atoms with Gasteiger partial charge in [0.15, 0.2) is 6.29 Å². The Balaban J connectivity index is 2.07. The second-order valence-corrected chi connectivity index (χ2v) is 3.00. The quantitative estimate of drug-likeness (QED) is 0.485. The largest absolute Gasteiger partial charge is 0.352 e. The Morgan fingerprint density at radius 3 is 3.00 bits per heavy atom. The van der Waals surface area contributed by atoms with E-state index in [1.807, 2.05) is 0 Å². The lowest BCUT2D eigenvalue weighted by Crippen LogP contribution is -2.12. The van der Waals surface area contributed by atoms with Crippen LogP contribution in [0.25, 0.3) is 0 Å². The molecule has 2 nitrogen and oxygen atoms in total. The molecule has 0 bridgehead atoms. The van der Waals surface area contributed by atoms with Gasteiger partial charge in [-0.15, -0.1) is 0 Å². The summed E-state index contributed by atoms with van der Waals surface area (Å²) < 4.78 is 10.7. The summed E-state index contributed by atoms with van der Waals surface area (Å²) in [4.78, 5) is 0. The fourth-order valence-electron chi connectivity index (χ4n) is 1.67. The summed E-state index contributed by atoms with van der Waals surface area (Å²) in [6.07, 6.45) is 1.35. The first-order chi connectivity index (χ1) is 4.38. The van der Waals surface area contributed by atoms with Gasteiger partial charge in [0.25, 0.3) is 0 Å². The second kappa shape index (κ2) is 1.96. The third kappa shape index (κ3) is 0.775. The van der Waals surface area contributed by atoms with Gasteiger partial charge in [-0.3, -0.25) is 0 Å². The van der Waals surface area contributed by atoms with E-state index < -0.39 is 0 Å². The monoisotopic (exact) mass is 128 g/mol. The Kier molecular flexibility index (Phi) is 1.24. The maximum absolute atomic E-state index is 5.37. The van der Waals surface area contributed by atoms with Crippen LogP contribution in [0.5, 0.6) is 0 Å². The van der Waals surface area contributed by atoms with Crippen molar-refractivity contribution in [1.82, 2.24) is 0 Å². The zero-order valence-electron chi connectivity index (χ0n) is 5.67. The summed E-state index contributed by atoms with van der Waals surface area (Å²) in [6, 6.07) is 0. The first kappa shape index (κ1) is 5.69. The molecule has 0 N–H and O–H groups in total. The standard InChI is InChI=1S/C7H12O2/c1-5-4-9-7-6(5)2-3-8-7/h5-7H,2-4H2,1H3/t5?,6-,7+/m1/s1. The fraction of sp³-hybridized carbons (Fsp3) is 1.00. The number of rotatable bonds is 0. The summed E-state index contributed by atoms with van der Waals surface area (Å²) in [6.45, 7) is 4.04. The SMILES string of the molecule is CC1CO[C@@H]2OCC[C@H]12. The molecule has 0 saturated carbocycles. The summed E-state index contributed by atoms with van der Waals surface area (Å²) in [7, 11) is 0. The van der Waals surface area contributed by atoms with E-state index in [-0.39, 0.29) is 6.29 Å². The van der Waals surface area contributed by atoms with Crippen molar-refractivity contribution >= 4 is 0 Å². The zero-order valence-corrected chi connectivity index (χ0v) is 5.67. The van der Waals surface area contributed by atoms with Gasteiger partial charge in [-0.2, -0.15) is 0 Å². The third-order valence-electron chi connectivity index (χ3n) is 2.34. The molecule has 2 aliphatic heterocycles. The first-order valence-corrected chi connectivity index (χ1v) is 3.61. The molecule has 52 valence electrons. The number of hydrogen-bond donors (Lipinski definition) is 0. The molecule has 2 aliphatic rings. The van der Waals surface area contributed by atoms with Gasteiger partial charge in [0.2, 0.25) is 0 Å². The lowest BCUT2D eigenvalue weighted by Gasteiger charge is -2.07. The summed E-state index contributed by atoms with van der Waals surface area (Å²) in [5.41, 5.74) is 0. The van der Waals surface area contributed by atoms with Crippen LogP contribution in [0, 0.1) is 11.8 Å². The molecule has 2 fully saturated rings. The van der Waals surface area contributed by atoms with Gasteiger partial charge in [0, 0.05) is 5.92 Å². The second-order valence-electron chi connectivity index (χ2n) is 3.00. The van der Waals surface area contributed by atoms with Crippen molar-refractivity contribution in [3.8, 4) is 0 Å². The first-order valence-electron chi connectivity index (χ1n) is 3.61. The van der Waals surface area contributed by atoms with Crippen molar-refractivity contribution in [1.29, 1.82) is 0 Å². The maximum atomic E-state index is 5.37. The van der Waals surface area contributed by atoms with E-state index in [4.69, 9.17) is 9.47 Å². The predicted octanol–water partition coefficient (Wildman–Crippen LogP) is 1.02. The van der Waals surface area contributed by atoms with Crippen molar-refractivity contribution in [3.05, 3.63) is 0 Å². The van der Waals surface area contributed by atoms with Crippen molar-refractivity contribution in [3.63, 3.8) is 0 Å². The number of hydrogen-bond acceptors (Lipinski definition) is 2. The summed E-state index contributed by atoms with van der Waals surface area (Å²) >= 11 is 0. The van der Waals surface area contributed by atoms with Crippen LogP contribution in [0.4, 0.5) is 0 Å². The molecule has 3 atom stereocenters. The van der Waals surface area contributed by atoms with E-state index in [1.165, 1.54) is 6.42 Å². The topological polar surface area (TPSA) is 18.5 Å². The highest BCUT2D eigenvalue weighted by atomic mass is 16.7. The van der Waals surface area contributed by atoms with Crippen LogP contribution in [0.15, 0.2) is 0 Å². The summed E-state index contributed by atoms with van der Waals surface area (Å²) in [5.74, 6) is 1.42. The molecule has 1 unspecified atom stereocenters. The van der Waals surface area contributed by atoms with Crippen LogP contribution in [0.2, 0.25) is 0 Å². The van der Waals surface area contributed by atoms with E-state index in [0.29, 0.717) is 5.92 Å². The van der Waals surface area contributed by atoms with Gasteiger partial charge < -0.3 is 9.47 Å². The van der Waals surface area contributed by atoms with Crippen molar-refractivity contribution in [2.45, 2.75) is 19.6 Å². The Morgan fingerprint density at radius 1 is 1.33 bits per heavy atom. The van der Waals surface area contributed by atoms with E-state index in [9.17, 15) is 0 Å². The Labute approximate surface area is 55.1 Å². The Morgan fingerprint density at radius 2 is 2.22 bits per heavy atom. The smallest absolute Gasteiger partial charge is 0.160 e. The average molecular weight is 128 g/mol. The molecular weight excluding hydrogens is 116 g/mol. The molecule has 0 aromatic heterocycles. The molecule has 2 rings (SSSR count). The van der Waals surface area contributed by atoms with Crippen LogP contribution >= 0.6 is 0 Å². The minimum absolute atomic E-state index is 0.153. The fourth-order valence-corrected chi connectivity index (χ4v) is 1.67. The molecule has 0 aromatic carbocycles. The molecule has 0 spiro atoms. The normalized spacial score (nSPS) is 49.7. The Bertz CT molecular complexity index is 113. The van der Waals surface area contributed by atoms with E-state index in [2.05, 4.69) is 6.92 Å².